The van der Waals surface area contributed by atoms with Crippen molar-refractivity contribution in [3.63, 3.8) is 0 Å². The highest BCUT2D eigenvalue weighted by Gasteiger charge is 2.31. The fraction of sp³-hybridized carbons (Fsp3) is 0.0667. The summed E-state index contributed by atoms with van der Waals surface area (Å²) in [6.07, 6.45) is 1.73. The number of aromatic hydroxyl groups is 1. The standard InChI is InChI=1S/C15H10Cl2N8O/c16-5-1-6(12(26)8(17)2-5)11-9-10(20)7(3-18)13(21)24-14(9)25-15(23-11)22-4-19/h1-2,11,26H,(H6,20,21,22,23,24,25). The van der Waals surface area contributed by atoms with Gasteiger partial charge in [-0.05, 0) is 12.1 Å². The molecule has 0 saturated carbocycles. The molecule has 130 valence electrons. The third-order valence-electron chi connectivity index (χ3n) is 3.71. The van der Waals surface area contributed by atoms with E-state index in [0.29, 0.717) is 5.56 Å². The van der Waals surface area contributed by atoms with Crippen LogP contribution < -0.4 is 22.1 Å². The number of nitrogens with one attached hydrogen (secondary N) is 2. The fourth-order valence-corrected chi connectivity index (χ4v) is 3.11. The number of hydrogen-bond donors (Lipinski definition) is 5. The number of halogens is 2. The van der Waals surface area contributed by atoms with Crippen molar-refractivity contribution in [3.8, 4) is 18.0 Å². The molecule has 1 aliphatic heterocycles. The monoisotopic (exact) mass is 388 g/mol. The van der Waals surface area contributed by atoms with Gasteiger partial charge in [0.2, 0.25) is 5.96 Å². The molecule has 0 spiro atoms. The van der Waals surface area contributed by atoms with Gasteiger partial charge in [-0.15, -0.1) is 0 Å². The maximum Gasteiger partial charge on any atom is 0.211 e. The highest BCUT2D eigenvalue weighted by atomic mass is 35.5. The summed E-state index contributed by atoms with van der Waals surface area (Å²) < 4.78 is 0. The number of aliphatic imine (C=N–C) groups is 1. The summed E-state index contributed by atoms with van der Waals surface area (Å²) in [7, 11) is 0. The average Bonchev–Trinajstić information content (AvgIpc) is 2.58. The second-order valence-electron chi connectivity index (χ2n) is 5.23. The van der Waals surface area contributed by atoms with Gasteiger partial charge in [0.1, 0.15) is 35.1 Å². The van der Waals surface area contributed by atoms with Crippen LogP contribution >= 0.6 is 23.2 Å². The van der Waals surface area contributed by atoms with Gasteiger partial charge in [0.15, 0.2) is 6.19 Å². The molecule has 1 atom stereocenters. The Labute approximate surface area is 157 Å². The molecule has 1 aliphatic rings. The number of aromatic nitrogens is 1. The third-order valence-corrected chi connectivity index (χ3v) is 4.22. The molecule has 9 nitrogen and oxygen atoms in total. The highest BCUT2D eigenvalue weighted by Crippen LogP contribution is 2.45. The molecule has 7 N–H and O–H groups in total. The Morgan fingerprint density at radius 3 is 2.65 bits per heavy atom. The van der Waals surface area contributed by atoms with Gasteiger partial charge in [0.05, 0.1) is 10.7 Å². The van der Waals surface area contributed by atoms with Crippen molar-refractivity contribution in [1.29, 1.82) is 10.5 Å². The number of phenolic OH excluding ortho intramolecular Hbond substituents is 1. The van der Waals surface area contributed by atoms with Crippen LogP contribution in [0.3, 0.4) is 0 Å². The molecule has 0 aliphatic carbocycles. The number of nitriles is 2. The van der Waals surface area contributed by atoms with Crippen molar-refractivity contribution in [1.82, 2.24) is 10.3 Å². The van der Waals surface area contributed by atoms with Gasteiger partial charge in [-0.25, -0.2) is 9.98 Å². The first-order valence-corrected chi connectivity index (χ1v) is 7.79. The van der Waals surface area contributed by atoms with E-state index in [0.717, 1.165) is 0 Å². The highest BCUT2D eigenvalue weighted by molar-refractivity contribution is 6.35. The quantitative estimate of drug-likeness (QED) is 0.365. The van der Waals surface area contributed by atoms with Crippen LogP contribution in [-0.4, -0.2) is 16.1 Å². The summed E-state index contributed by atoms with van der Waals surface area (Å²) in [6.45, 7) is 0. The fourth-order valence-electron chi connectivity index (χ4n) is 2.60. The van der Waals surface area contributed by atoms with Gasteiger partial charge >= 0.3 is 0 Å². The lowest BCUT2D eigenvalue weighted by molar-refractivity contribution is 0.465. The summed E-state index contributed by atoms with van der Waals surface area (Å²) in [6, 6.07) is 3.78. The predicted molar refractivity (Wildman–Crippen MR) is 97.6 cm³/mol. The van der Waals surface area contributed by atoms with Gasteiger partial charge in [-0.3, -0.25) is 5.32 Å². The molecule has 0 bridgehead atoms. The maximum absolute atomic E-state index is 10.4. The Balaban J connectivity index is 2.32. The molecule has 0 radical (unpaired) electrons. The summed E-state index contributed by atoms with van der Waals surface area (Å²) in [5, 5.41) is 33.9. The van der Waals surface area contributed by atoms with E-state index < -0.39 is 6.04 Å². The number of pyridine rings is 1. The minimum Gasteiger partial charge on any atom is -0.506 e. The minimum atomic E-state index is -0.932. The number of anilines is 3. The number of rotatable bonds is 1. The number of benzene rings is 1. The Morgan fingerprint density at radius 2 is 2.00 bits per heavy atom. The molecule has 1 aromatic carbocycles. The van der Waals surface area contributed by atoms with Crippen molar-refractivity contribution >= 4 is 46.5 Å². The summed E-state index contributed by atoms with van der Waals surface area (Å²) in [5.41, 5.74) is 12.4. The number of nitrogens with two attached hydrogens (primary N) is 2. The van der Waals surface area contributed by atoms with E-state index in [1.807, 2.05) is 6.07 Å². The lowest BCUT2D eigenvalue weighted by Gasteiger charge is -2.26. The van der Waals surface area contributed by atoms with Crippen LogP contribution in [0.5, 0.6) is 5.75 Å². The molecule has 1 aromatic heterocycles. The SMILES string of the molecule is N#CNC1=NC(c2cc(Cl)cc(Cl)c2O)c2c(nc(N)c(C#N)c2N)N1. The predicted octanol–water partition coefficient (Wildman–Crippen LogP) is 2.07. The van der Waals surface area contributed by atoms with Crippen molar-refractivity contribution < 1.29 is 5.11 Å². The molecule has 2 heterocycles. The van der Waals surface area contributed by atoms with E-state index in [1.54, 1.807) is 6.19 Å². The first-order valence-electron chi connectivity index (χ1n) is 7.04. The Kier molecular flexibility index (Phi) is 4.34. The summed E-state index contributed by atoms with van der Waals surface area (Å²) in [5.74, 6) is -0.103. The van der Waals surface area contributed by atoms with Crippen molar-refractivity contribution in [2.75, 3.05) is 16.8 Å². The number of nitrogens with zero attached hydrogens (tertiary/aromatic N) is 4. The van der Waals surface area contributed by atoms with Gasteiger partial charge < -0.3 is 21.9 Å². The summed E-state index contributed by atoms with van der Waals surface area (Å²) in [4.78, 5) is 8.43. The lowest BCUT2D eigenvalue weighted by Crippen LogP contribution is -2.32. The molecule has 0 fully saturated rings. The number of guanidine groups is 1. The lowest BCUT2D eigenvalue weighted by atomic mass is 9.94. The average molecular weight is 389 g/mol. The van der Waals surface area contributed by atoms with E-state index in [9.17, 15) is 10.4 Å². The third kappa shape index (κ3) is 2.75. The van der Waals surface area contributed by atoms with Crippen LogP contribution in [-0.2, 0) is 0 Å². The second kappa shape index (κ2) is 6.48. The zero-order chi connectivity index (χ0) is 19.0. The second-order valence-corrected chi connectivity index (χ2v) is 6.07. The Bertz CT molecular complexity index is 1040. The van der Waals surface area contributed by atoms with Crippen molar-refractivity contribution in [2.45, 2.75) is 6.04 Å². The number of phenols is 1. The molecule has 11 heteroatoms. The zero-order valence-corrected chi connectivity index (χ0v) is 14.4. The van der Waals surface area contributed by atoms with Crippen molar-refractivity contribution in [3.05, 3.63) is 38.9 Å². The molecule has 0 saturated heterocycles. The van der Waals surface area contributed by atoms with Crippen molar-refractivity contribution in [2.24, 2.45) is 4.99 Å². The zero-order valence-electron chi connectivity index (χ0n) is 12.9. The number of hydrogen-bond acceptors (Lipinski definition) is 9. The van der Waals surface area contributed by atoms with E-state index in [-0.39, 0.29) is 50.2 Å². The molecule has 1 unspecified atom stereocenters. The van der Waals surface area contributed by atoms with E-state index in [1.165, 1.54) is 12.1 Å². The molecular weight excluding hydrogens is 379 g/mol. The molecule has 0 amide bonds. The molecule has 2 aromatic rings. The topological polar surface area (TPSA) is 169 Å². The maximum atomic E-state index is 10.4. The van der Waals surface area contributed by atoms with Crippen LogP contribution in [0.15, 0.2) is 17.1 Å². The van der Waals surface area contributed by atoms with Gasteiger partial charge in [0, 0.05) is 16.1 Å². The van der Waals surface area contributed by atoms with Gasteiger partial charge in [0.25, 0.3) is 0 Å². The van der Waals surface area contributed by atoms with E-state index in [4.69, 9.17) is 39.9 Å². The molecular formula is C15H10Cl2N8O. The van der Waals surface area contributed by atoms with Gasteiger partial charge in [-0.2, -0.15) is 10.5 Å². The number of fused-ring (bicyclic) bond motifs is 1. The van der Waals surface area contributed by atoms with Crippen LogP contribution in [0.1, 0.15) is 22.7 Å². The number of nitrogen functional groups attached to an aromatic ring is 2. The molecule has 26 heavy (non-hydrogen) atoms. The van der Waals surface area contributed by atoms with Crippen LogP contribution in [0.2, 0.25) is 10.0 Å². The Hall–Kier alpha value is -3.40. The first kappa shape index (κ1) is 17.4. The van der Waals surface area contributed by atoms with Crippen LogP contribution in [0.25, 0.3) is 0 Å². The Morgan fingerprint density at radius 1 is 1.27 bits per heavy atom. The van der Waals surface area contributed by atoms with Gasteiger partial charge in [-0.1, -0.05) is 23.2 Å². The molecule has 3 rings (SSSR count). The minimum absolute atomic E-state index is 0.0139. The van der Waals surface area contributed by atoms with Crippen LogP contribution in [0, 0.1) is 22.8 Å². The smallest absolute Gasteiger partial charge is 0.211 e. The first-order chi connectivity index (χ1) is 12.4. The largest absolute Gasteiger partial charge is 0.506 e. The van der Waals surface area contributed by atoms with E-state index >= 15 is 0 Å². The van der Waals surface area contributed by atoms with E-state index in [2.05, 4.69) is 20.6 Å². The summed E-state index contributed by atoms with van der Waals surface area (Å²) >= 11 is 12.0. The van der Waals surface area contributed by atoms with Crippen LogP contribution in [0.4, 0.5) is 17.3 Å². The normalized spacial score (nSPS) is 15.1.